The van der Waals surface area contributed by atoms with Gasteiger partial charge in [0, 0.05) is 38.6 Å². The summed E-state index contributed by atoms with van der Waals surface area (Å²) in [6.45, 7) is 0. The van der Waals surface area contributed by atoms with E-state index in [2.05, 4.69) is 187 Å². The van der Waals surface area contributed by atoms with E-state index in [-0.39, 0.29) is 0 Å². The molecule has 0 saturated heterocycles. The number of hydrogen-bond acceptors (Lipinski definition) is 4. The molecule has 2 aromatic heterocycles. The molecular weight excluding hydrogens is 769 g/mol. The second-order valence-electron chi connectivity index (χ2n) is 16.3. The molecule has 5 nitrogen and oxygen atoms in total. The van der Waals surface area contributed by atoms with Gasteiger partial charge in [0.05, 0.1) is 16.4 Å². The number of rotatable bonds is 5. The molecule has 0 fully saturated rings. The number of hydrogen-bond donors (Lipinski definition) is 0. The second-order valence-corrected chi connectivity index (χ2v) is 16.3. The van der Waals surface area contributed by atoms with Gasteiger partial charge in [-0.05, 0) is 69.3 Å². The van der Waals surface area contributed by atoms with Gasteiger partial charge in [-0.2, -0.15) is 9.97 Å². The summed E-state index contributed by atoms with van der Waals surface area (Å²) in [5.41, 5.74) is 14.7. The highest BCUT2D eigenvalue weighted by molar-refractivity contribution is 6.16. The molecule has 0 N–H and O–H groups in total. The Labute approximate surface area is 364 Å². The van der Waals surface area contributed by atoms with E-state index in [1.807, 2.05) is 36.4 Å². The van der Waals surface area contributed by atoms with Crippen LogP contribution in [-0.4, -0.2) is 19.5 Å². The van der Waals surface area contributed by atoms with Crippen LogP contribution in [-0.2, 0) is 5.41 Å². The number of para-hydroxylation sites is 1. The fourth-order valence-electron chi connectivity index (χ4n) is 10.2. The molecule has 0 bridgehead atoms. The molecule has 0 unspecified atom stereocenters. The monoisotopic (exact) mass is 804 g/mol. The Kier molecular flexibility index (Phi) is 7.75. The lowest BCUT2D eigenvalue weighted by Crippen LogP contribution is -2.32. The average molecular weight is 805 g/mol. The Morgan fingerprint density at radius 1 is 0.365 bits per heavy atom. The van der Waals surface area contributed by atoms with Gasteiger partial charge in [0.2, 0.25) is 5.95 Å². The second kappa shape index (κ2) is 13.8. The SMILES string of the molecule is c1ccc(-c2ccc3c(c2)C2(c4cc(-c5ccccc5)ccc4O3)c3ccccc3-c3c2ccc2c4ccccc4n(-c4nc(-c5ccccc5)nc(-c5ccccc5)n4)c32)cc1. The maximum absolute atomic E-state index is 6.98. The first-order valence-corrected chi connectivity index (χ1v) is 21.4. The van der Waals surface area contributed by atoms with E-state index in [9.17, 15) is 0 Å². The smallest absolute Gasteiger partial charge is 0.238 e. The molecule has 11 aromatic rings. The fourth-order valence-corrected chi connectivity index (χ4v) is 10.2. The third-order valence-electron chi connectivity index (χ3n) is 12.9. The summed E-state index contributed by atoms with van der Waals surface area (Å²) in [4.78, 5) is 15.8. The Hall–Kier alpha value is -8.41. The van der Waals surface area contributed by atoms with Gasteiger partial charge in [-0.3, -0.25) is 4.57 Å². The quantitative estimate of drug-likeness (QED) is 0.174. The molecule has 1 aliphatic heterocycles. The molecule has 0 amide bonds. The van der Waals surface area contributed by atoms with Crippen LogP contribution in [0.1, 0.15) is 22.3 Å². The van der Waals surface area contributed by atoms with Gasteiger partial charge in [0.1, 0.15) is 11.5 Å². The van der Waals surface area contributed by atoms with Gasteiger partial charge in [0.25, 0.3) is 0 Å². The first-order valence-electron chi connectivity index (χ1n) is 21.4. The molecule has 0 saturated carbocycles. The summed E-state index contributed by atoms with van der Waals surface area (Å²) >= 11 is 0. The number of nitrogens with zero attached hydrogens (tertiary/aromatic N) is 4. The van der Waals surface area contributed by atoms with Gasteiger partial charge in [-0.25, -0.2) is 4.98 Å². The van der Waals surface area contributed by atoms with E-state index < -0.39 is 5.41 Å². The maximum Gasteiger partial charge on any atom is 0.238 e. The fraction of sp³-hybridized carbons (Fsp3) is 0.0172. The van der Waals surface area contributed by atoms with E-state index >= 15 is 0 Å². The van der Waals surface area contributed by atoms with Crippen molar-refractivity contribution in [1.82, 2.24) is 19.5 Å². The first kappa shape index (κ1) is 35.4. The van der Waals surface area contributed by atoms with Crippen LogP contribution in [0.25, 0.3) is 83.9 Å². The van der Waals surface area contributed by atoms with Crippen LogP contribution in [0.15, 0.2) is 218 Å². The number of benzene rings is 9. The van der Waals surface area contributed by atoms with Gasteiger partial charge in [-0.1, -0.05) is 188 Å². The van der Waals surface area contributed by atoms with Crippen molar-refractivity contribution in [2.45, 2.75) is 5.41 Å². The molecule has 2 aliphatic rings. The summed E-state index contributed by atoms with van der Waals surface area (Å²) in [7, 11) is 0. The van der Waals surface area contributed by atoms with E-state index in [1.54, 1.807) is 0 Å². The van der Waals surface area contributed by atoms with Crippen molar-refractivity contribution >= 4 is 21.8 Å². The van der Waals surface area contributed by atoms with Crippen LogP contribution in [0.3, 0.4) is 0 Å². The highest BCUT2D eigenvalue weighted by Gasteiger charge is 2.52. The van der Waals surface area contributed by atoms with Crippen LogP contribution < -0.4 is 4.74 Å². The Morgan fingerprint density at radius 3 is 1.46 bits per heavy atom. The van der Waals surface area contributed by atoms with Gasteiger partial charge >= 0.3 is 0 Å². The Balaban J connectivity index is 1.17. The minimum atomic E-state index is -0.747. The van der Waals surface area contributed by atoms with E-state index in [4.69, 9.17) is 19.7 Å². The topological polar surface area (TPSA) is 52.8 Å². The molecule has 13 rings (SSSR count). The molecule has 1 spiro atoms. The third kappa shape index (κ3) is 5.27. The minimum Gasteiger partial charge on any atom is -0.457 e. The maximum atomic E-state index is 6.98. The summed E-state index contributed by atoms with van der Waals surface area (Å²) in [5, 5.41) is 2.25. The van der Waals surface area contributed by atoms with Crippen molar-refractivity contribution in [1.29, 1.82) is 0 Å². The summed E-state index contributed by atoms with van der Waals surface area (Å²) in [6.07, 6.45) is 0. The Morgan fingerprint density at radius 2 is 0.873 bits per heavy atom. The lowest BCUT2D eigenvalue weighted by Gasteiger charge is -2.40. The largest absolute Gasteiger partial charge is 0.457 e. The zero-order valence-electron chi connectivity index (χ0n) is 34.0. The van der Waals surface area contributed by atoms with E-state index in [0.29, 0.717) is 17.6 Å². The molecule has 5 heteroatoms. The van der Waals surface area contributed by atoms with Crippen LogP contribution in [0.2, 0.25) is 0 Å². The zero-order valence-corrected chi connectivity index (χ0v) is 34.0. The Bertz CT molecular complexity index is 3440. The minimum absolute atomic E-state index is 0.561. The first-order chi connectivity index (χ1) is 31.2. The number of aromatic nitrogens is 4. The van der Waals surface area contributed by atoms with Gasteiger partial charge in [-0.15, -0.1) is 0 Å². The standard InChI is InChI=1S/C58H36N4O/c1-5-17-37(18-6-1)41-29-33-51-48(35-41)58(49-36-42(30-34-52(49)63-51)38-19-7-2-8-20-38)46-27-15-13-26-45(46)53-47(58)32-31-44-43-25-14-16-28-50(43)62(54(44)53)57-60-55(39-21-9-3-10-22-39)59-56(61-57)40-23-11-4-12-24-40/h1-36H. The lowest BCUT2D eigenvalue weighted by atomic mass is 9.65. The van der Waals surface area contributed by atoms with Gasteiger partial charge in [0.15, 0.2) is 11.6 Å². The molecule has 9 aromatic carbocycles. The molecule has 294 valence electrons. The molecule has 1 aliphatic carbocycles. The lowest BCUT2D eigenvalue weighted by molar-refractivity contribution is 0.436. The summed E-state index contributed by atoms with van der Waals surface area (Å²) < 4.78 is 9.26. The molecule has 0 atom stereocenters. The third-order valence-corrected chi connectivity index (χ3v) is 12.9. The molecule has 63 heavy (non-hydrogen) atoms. The average Bonchev–Trinajstić information content (AvgIpc) is 3.86. The van der Waals surface area contributed by atoms with Crippen LogP contribution >= 0.6 is 0 Å². The molecule has 3 heterocycles. The van der Waals surface area contributed by atoms with Crippen LogP contribution in [0.4, 0.5) is 0 Å². The van der Waals surface area contributed by atoms with Crippen molar-refractivity contribution in [3.63, 3.8) is 0 Å². The highest BCUT2D eigenvalue weighted by Crippen LogP contribution is 2.64. The van der Waals surface area contributed by atoms with Crippen molar-refractivity contribution in [3.8, 4) is 73.6 Å². The van der Waals surface area contributed by atoms with E-state index in [0.717, 1.165) is 88.9 Å². The van der Waals surface area contributed by atoms with Crippen molar-refractivity contribution in [3.05, 3.63) is 241 Å². The predicted molar refractivity (Wildman–Crippen MR) is 253 cm³/mol. The zero-order chi connectivity index (χ0) is 41.5. The summed E-state index contributed by atoms with van der Waals surface area (Å²) in [6, 6.07) is 77.3. The molecular formula is C58H36N4O. The number of fused-ring (bicyclic) bond motifs is 13. The molecule has 0 radical (unpaired) electrons. The normalized spacial score (nSPS) is 13.0. The van der Waals surface area contributed by atoms with E-state index in [1.165, 1.54) is 11.1 Å². The summed E-state index contributed by atoms with van der Waals surface area (Å²) in [5.74, 6) is 3.48. The van der Waals surface area contributed by atoms with Crippen molar-refractivity contribution in [2.24, 2.45) is 0 Å². The number of ether oxygens (including phenoxy) is 1. The predicted octanol–water partition coefficient (Wildman–Crippen LogP) is 14.1. The van der Waals surface area contributed by atoms with Gasteiger partial charge < -0.3 is 4.74 Å². The van der Waals surface area contributed by atoms with Crippen LogP contribution in [0.5, 0.6) is 11.5 Å². The van der Waals surface area contributed by atoms with Crippen molar-refractivity contribution < 1.29 is 4.74 Å². The van der Waals surface area contributed by atoms with Crippen LogP contribution in [0, 0.1) is 0 Å². The highest BCUT2D eigenvalue weighted by atomic mass is 16.5. The van der Waals surface area contributed by atoms with Crippen molar-refractivity contribution in [2.75, 3.05) is 0 Å².